The predicted octanol–water partition coefficient (Wildman–Crippen LogP) is 2.37. The summed E-state index contributed by atoms with van der Waals surface area (Å²) >= 11 is 0. The Morgan fingerprint density at radius 1 is 1.06 bits per heavy atom. The molecule has 1 aliphatic rings. The molecule has 4 heterocycles. The van der Waals surface area contributed by atoms with Crippen molar-refractivity contribution >= 4 is 11.0 Å². The van der Waals surface area contributed by atoms with E-state index in [1.54, 1.807) is 43.3 Å². The molecule has 4 rings (SSSR count). The average molecular weight is 438 g/mol. The van der Waals surface area contributed by atoms with Crippen LogP contribution in [0.5, 0.6) is 11.5 Å². The van der Waals surface area contributed by atoms with Gasteiger partial charge in [0.05, 0.1) is 43.3 Å². The third-order valence-corrected chi connectivity index (χ3v) is 6.19. The summed E-state index contributed by atoms with van der Waals surface area (Å²) in [5.41, 5.74) is 3.74. The molecular formula is C24H31N5O3. The van der Waals surface area contributed by atoms with Crippen molar-refractivity contribution in [1.82, 2.24) is 24.8 Å². The number of aromatic nitrogens is 3. The molecule has 0 unspecified atom stereocenters. The maximum Gasteiger partial charge on any atom is 0.251 e. The fraction of sp³-hybridized carbons (Fsp3) is 0.458. The van der Waals surface area contributed by atoms with Crippen molar-refractivity contribution in [2.45, 2.75) is 38.9 Å². The third kappa shape index (κ3) is 5.08. The summed E-state index contributed by atoms with van der Waals surface area (Å²) in [5.74, 6) is 1.48. The van der Waals surface area contributed by atoms with Gasteiger partial charge in [-0.05, 0) is 50.6 Å². The number of hydrogen-bond donors (Lipinski definition) is 1. The van der Waals surface area contributed by atoms with E-state index in [9.17, 15) is 4.79 Å². The van der Waals surface area contributed by atoms with Gasteiger partial charge in [-0.25, -0.2) is 0 Å². The monoisotopic (exact) mass is 437 g/mol. The first kappa shape index (κ1) is 22.2. The van der Waals surface area contributed by atoms with Gasteiger partial charge in [0.25, 0.3) is 5.56 Å². The molecule has 1 saturated heterocycles. The van der Waals surface area contributed by atoms with Gasteiger partial charge >= 0.3 is 0 Å². The maximum absolute atomic E-state index is 12.5. The van der Waals surface area contributed by atoms with Crippen LogP contribution >= 0.6 is 0 Å². The van der Waals surface area contributed by atoms with Crippen LogP contribution in [0.2, 0.25) is 0 Å². The van der Waals surface area contributed by atoms with E-state index < -0.39 is 0 Å². The van der Waals surface area contributed by atoms with E-state index in [0.29, 0.717) is 18.3 Å². The smallest absolute Gasteiger partial charge is 0.251 e. The second-order valence-corrected chi connectivity index (χ2v) is 8.24. The van der Waals surface area contributed by atoms with Crippen molar-refractivity contribution in [3.05, 3.63) is 58.3 Å². The minimum atomic E-state index is -0.00797. The summed E-state index contributed by atoms with van der Waals surface area (Å²) in [4.78, 5) is 23.8. The quantitative estimate of drug-likeness (QED) is 0.579. The molecule has 0 radical (unpaired) electrons. The molecule has 0 amide bonds. The largest absolute Gasteiger partial charge is 0.495 e. The zero-order valence-electron chi connectivity index (χ0n) is 19.0. The van der Waals surface area contributed by atoms with Gasteiger partial charge in [-0.3, -0.25) is 14.8 Å². The minimum absolute atomic E-state index is 0.00797. The Morgan fingerprint density at radius 3 is 2.59 bits per heavy atom. The molecule has 3 aromatic rings. The molecule has 3 aromatic heterocycles. The van der Waals surface area contributed by atoms with Crippen molar-refractivity contribution in [3.8, 4) is 11.5 Å². The molecule has 1 aliphatic heterocycles. The number of piperidine rings is 1. The Kier molecular flexibility index (Phi) is 7.02. The highest BCUT2D eigenvalue weighted by atomic mass is 16.5. The zero-order valence-corrected chi connectivity index (χ0v) is 19.0. The molecule has 0 aliphatic carbocycles. The van der Waals surface area contributed by atoms with Gasteiger partial charge < -0.3 is 24.3 Å². The van der Waals surface area contributed by atoms with E-state index in [1.807, 2.05) is 13.0 Å². The van der Waals surface area contributed by atoms with Gasteiger partial charge in [-0.2, -0.15) is 0 Å². The van der Waals surface area contributed by atoms with E-state index >= 15 is 0 Å². The fourth-order valence-corrected chi connectivity index (χ4v) is 4.25. The van der Waals surface area contributed by atoms with E-state index in [2.05, 4.69) is 26.3 Å². The molecule has 1 N–H and O–H groups in total. The summed E-state index contributed by atoms with van der Waals surface area (Å²) in [5, 5.41) is 3.64. The van der Waals surface area contributed by atoms with Gasteiger partial charge in [-0.15, -0.1) is 0 Å². The first-order chi connectivity index (χ1) is 15.6. The lowest BCUT2D eigenvalue weighted by Crippen LogP contribution is -2.43. The van der Waals surface area contributed by atoms with Crippen LogP contribution in [0.15, 0.2) is 41.5 Å². The summed E-state index contributed by atoms with van der Waals surface area (Å²) in [6.07, 6.45) is 5.62. The summed E-state index contributed by atoms with van der Waals surface area (Å²) < 4.78 is 12.4. The van der Waals surface area contributed by atoms with Gasteiger partial charge in [0.2, 0.25) is 0 Å². The van der Waals surface area contributed by atoms with E-state index in [4.69, 9.17) is 9.47 Å². The Morgan fingerprint density at radius 2 is 1.88 bits per heavy atom. The summed E-state index contributed by atoms with van der Waals surface area (Å²) in [6, 6.07) is 7.79. The second kappa shape index (κ2) is 10.1. The Hall–Kier alpha value is -2.97. The zero-order chi connectivity index (χ0) is 22.5. The van der Waals surface area contributed by atoms with Crippen LogP contribution in [0.1, 0.15) is 24.1 Å². The molecule has 0 spiro atoms. The number of likely N-dealkylation sites (tertiary alicyclic amines) is 1. The van der Waals surface area contributed by atoms with Crippen LogP contribution in [0.25, 0.3) is 11.0 Å². The van der Waals surface area contributed by atoms with Crippen LogP contribution in [0.3, 0.4) is 0 Å². The Bertz CT molecular complexity index is 1120. The highest BCUT2D eigenvalue weighted by Crippen LogP contribution is 2.18. The Balaban J connectivity index is 1.30. The first-order valence-corrected chi connectivity index (χ1v) is 11.1. The molecule has 32 heavy (non-hydrogen) atoms. The van der Waals surface area contributed by atoms with Crippen molar-refractivity contribution in [2.75, 3.05) is 33.9 Å². The number of methoxy groups -OCH3 is 2. The molecule has 170 valence electrons. The molecule has 1 fully saturated rings. The standard InChI is InChI=1S/C24H31N5O3/c1-17-12-19(26-16-23(17)32-3)14-25-18-6-8-28(9-7-18)10-11-29-22-13-20(31-2)15-27-21(22)4-5-24(29)30/h4-5,12-13,15-16,18,25H,6-11,14H2,1-3H3. The number of hydrogen-bond acceptors (Lipinski definition) is 7. The van der Waals surface area contributed by atoms with Crippen molar-refractivity contribution < 1.29 is 9.47 Å². The second-order valence-electron chi connectivity index (χ2n) is 8.24. The van der Waals surface area contributed by atoms with Gasteiger partial charge in [0.15, 0.2) is 0 Å². The fourth-order valence-electron chi connectivity index (χ4n) is 4.25. The van der Waals surface area contributed by atoms with Crippen molar-refractivity contribution in [1.29, 1.82) is 0 Å². The minimum Gasteiger partial charge on any atom is -0.495 e. The first-order valence-electron chi connectivity index (χ1n) is 11.1. The van der Waals surface area contributed by atoms with Gasteiger partial charge in [0.1, 0.15) is 11.5 Å². The number of nitrogens with zero attached hydrogens (tertiary/aromatic N) is 4. The number of ether oxygens (including phenoxy) is 2. The maximum atomic E-state index is 12.5. The van der Waals surface area contributed by atoms with Crippen molar-refractivity contribution in [3.63, 3.8) is 0 Å². The molecular weight excluding hydrogens is 406 g/mol. The molecule has 0 atom stereocenters. The highest BCUT2D eigenvalue weighted by Gasteiger charge is 2.19. The van der Waals surface area contributed by atoms with Crippen LogP contribution in [-0.2, 0) is 13.1 Å². The normalized spacial score (nSPS) is 15.2. The number of aryl methyl sites for hydroxylation is 1. The number of fused-ring (bicyclic) bond motifs is 1. The SMILES string of the molecule is COc1cnc2ccc(=O)n(CCN3CCC(NCc4cc(C)c(OC)cn4)CC3)c2c1. The van der Waals surface area contributed by atoms with Gasteiger partial charge in [-0.1, -0.05) is 0 Å². The topological polar surface area (TPSA) is 81.5 Å². The highest BCUT2D eigenvalue weighted by molar-refractivity contribution is 5.75. The van der Waals surface area contributed by atoms with Crippen LogP contribution in [-0.4, -0.2) is 59.3 Å². The summed E-state index contributed by atoms with van der Waals surface area (Å²) in [7, 11) is 3.28. The lowest BCUT2D eigenvalue weighted by Gasteiger charge is -2.32. The molecule has 0 saturated carbocycles. The summed E-state index contributed by atoms with van der Waals surface area (Å²) in [6.45, 7) is 6.29. The number of rotatable bonds is 8. The Labute approximate surface area is 188 Å². The van der Waals surface area contributed by atoms with Crippen LogP contribution in [0.4, 0.5) is 0 Å². The van der Waals surface area contributed by atoms with E-state index in [1.165, 1.54) is 0 Å². The predicted molar refractivity (Wildman–Crippen MR) is 124 cm³/mol. The van der Waals surface area contributed by atoms with Crippen LogP contribution < -0.4 is 20.3 Å². The third-order valence-electron chi connectivity index (χ3n) is 6.19. The van der Waals surface area contributed by atoms with E-state index in [0.717, 1.165) is 67.1 Å². The molecule has 0 aromatic carbocycles. The molecule has 0 bridgehead atoms. The van der Waals surface area contributed by atoms with Gasteiger partial charge in [0, 0.05) is 37.8 Å². The number of pyridine rings is 3. The van der Waals surface area contributed by atoms with Crippen molar-refractivity contribution in [2.24, 2.45) is 0 Å². The lowest BCUT2D eigenvalue weighted by atomic mass is 10.0. The lowest BCUT2D eigenvalue weighted by molar-refractivity contribution is 0.191. The average Bonchev–Trinajstić information content (AvgIpc) is 2.82. The number of nitrogens with one attached hydrogen (secondary N) is 1. The molecule has 8 heteroatoms. The van der Waals surface area contributed by atoms with Crippen LogP contribution in [0, 0.1) is 6.92 Å². The molecule has 8 nitrogen and oxygen atoms in total. The van der Waals surface area contributed by atoms with E-state index in [-0.39, 0.29) is 5.56 Å².